The van der Waals surface area contributed by atoms with E-state index >= 15 is 0 Å². The van der Waals surface area contributed by atoms with E-state index in [1.54, 1.807) is 7.05 Å². The molecular formula is C18H41IN4O2. The van der Waals surface area contributed by atoms with Crippen molar-refractivity contribution in [2.24, 2.45) is 4.99 Å². The maximum absolute atomic E-state index is 5.52. The van der Waals surface area contributed by atoms with E-state index in [0.717, 1.165) is 45.0 Å². The van der Waals surface area contributed by atoms with Gasteiger partial charge in [0.1, 0.15) is 0 Å². The molecule has 152 valence electrons. The van der Waals surface area contributed by atoms with Gasteiger partial charge in [0.2, 0.25) is 0 Å². The molecule has 0 radical (unpaired) electrons. The Balaban J connectivity index is 0. The van der Waals surface area contributed by atoms with Crippen molar-refractivity contribution < 1.29 is 9.47 Å². The van der Waals surface area contributed by atoms with Crippen LogP contribution in [-0.4, -0.2) is 77.1 Å². The van der Waals surface area contributed by atoms with Crippen molar-refractivity contribution in [3.8, 4) is 0 Å². The summed E-state index contributed by atoms with van der Waals surface area (Å²) in [6.07, 6.45) is 4.63. The van der Waals surface area contributed by atoms with Crippen molar-refractivity contribution in [1.29, 1.82) is 0 Å². The summed E-state index contributed by atoms with van der Waals surface area (Å²) in [5, 5.41) is 6.60. The lowest BCUT2D eigenvalue weighted by Gasteiger charge is -2.20. The Labute approximate surface area is 172 Å². The summed E-state index contributed by atoms with van der Waals surface area (Å²) >= 11 is 0. The first kappa shape index (κ1) is 27.1. The third-order valence-corrected chi connectivity index (χ3v) is 3.89. The van der Waals surface area contributed by atoms with E-state index in [0.29, 0.717) is 25.9 Å². The maximum Gasteiger partial charge on any atom is 0.191 e. The molecule has 0 aliphatic rings. The van der Waals surface area contributed by atoms with Gasteiger partial charge in [-0.05, 0) is 46.7 Å². The molecular weight excluding hydrogens is 431 g/mol. The van der Waals surface area contributed by atoms with Gasteiger partial charge in [0.05, 0.1) is 19.8 Å². The van der Waals surface area contributed by atoms with E-state index < -0.39 is 0 Å². The number of nitrogens with zero attached hydrogens (tertiary/aromatic N) is 2. The van der Waals surface area contributed by atoms with Crippen LogP contribution in [0.25, 0.3) is 0 Å². The molecule has 0 aromatic rings. The Morgan fingerprint density at radius 2 is 1.60 bits per heavy atom. The van der Waals surface area contributed by atoms with E-state index in [9.17, 15) is 0 Å². The number of halogens is 1. The number of guanidine groups is 1. The van der Waals surface area contributed by atoms with E-state index in [1.165, 1.54) is 12.8 Å². The molecule has 7 heteroatoms. The molecule has 0 rings (SSSR count). The first-order chi connectivity index (χ1) is 11.6. The van der Waals surface area contributed by atoms with Crippen LogP contribution in [-0.2, 0) is 9.47 Å². The predicted molar refractivity (Wildman–Crippen MR) is 118 cm³/mol. The second-order valence-corrected chi connectivity index (χ2v) is 6.29. The van der Waals surface area contributed by atoms with Crippen LogP contribution in [0.5, 0.6) is 0 Å². The molecule has 0 saturated heterocycles. The van der Waals surface area contributed by atoms with Crippen molar-refractivity contribution in [2.75, 3.05) is 60.2 Å². The second-order valence-electron chi connectivity index (χ2n) is 6.29. The van der Waals surface area contributed by atoms with Crippen LogP contribution < -0.4 is 10.6 Å². The Morgan fingerprint density at radius 3 is 2.20 bits per heavy atom. The van der Waals surface area contributed by atoms with Gasteiger partial charge in [-0.25, -0.2) is 0 Å². The molecule has 0 aromatic carbocycles. The van der Waals surface area contributed by atoms with Crippen LogP contribution in [0.2, 0.25) is 0 Å². The summed E-state index contributed by atoms with van der Waals surface area (Å²) in [6, 6.07) is 0.615. The summed E-state index contributed by atoms with van der Waals surface area (Å²) < 4.78 is 11.0. The van der Waals surface area contributed by atoms with Crippen LogP contribution in [0.3, 0.4) is 0 Å². The minimum absolute atomic E-state index is 0. The number of nitrogens with one attached hydrogen (secondary N) is 2. The van der Waals surface area contributed by atoms with Gasteiger partial charge in [0, 0.05) is 32.8 Å². The van der Waals surface area contributed by atoms with E-state index in [4.69, 9.17) is 9.47 Å². The summed E-state index contributed by atoms with van der Waals surface area (Å²) in [4.78, 5) is 6.59. The van der Waals surface area contributed by atoms with Gasteiger partial charge < -0.3 is 25.0 Å². The number of hydrogen-bond acceptors (Lipinski definition) is 4. The quantitative estimate of drug-likeness (QED) is 0.166. The Kier molecular flexibility index (Phi) is 21.9. The van der Waals surface area contributed by atoms with Gasteiger partial charge in [-0.15, -0.1) is 24.0 Å². The van der Waals surface area contributed by atoms with Crippen LogP contribution >= 0.6 is 24.0 Å². The molecule has 0 atom stereocenters. The molecule has 2 N–H and O–H groups in total. The van der Waals surface area contributed by atoms with Crippen LogP contribution in [0.4, 0.5) is 0 Å². The predicted octanol–water partition coefficient (Wildman–Crippen LogP) is 2.72. The molecule has 0 amide bonds. The number of unbranched alkanes of at least 4 members (excludes halogenated alkanes) is 2. The van der Waals surface area contributed by atoms with Crippen molar-refractivity contribution in [3.63, 3.8) is 0 Å². The highest BCUT2D eigenvalue weighted by atomic mass is 127. The lowest BCUT2D eigenvalue weighted by Crippen LogP contribution is -2.39. The minimum Gasteiger partial charge on any atom is -0.379 e. The minimum atomic E-state index is 0. The van der Waals surface area contributed by atoms with Gasteiger partial charge in [-0.2, -0.15) is 0 Å². The van der Waals surface area contributed by atoms with Crippen LogP contribution in [0, 0.1) is 0 Å². The summed E-state index contributed by atoms with van der Waals surface area (Å²) in [6.45, 7) is 12.3. The highest BCUT2D eigenvalue weighted by molar-refractivity contribution is 14.0. The van der Waals surface area contributed by atoms with Gasteiger partial charge in [-0.3, -0.25) is 4.99 Å². The molecule has 0 aromatic heterocycles. The molecule has 0 aliphatic carbocycles. The average molecular weight is 472 g/mol. The zero-order valence-corrected chi connectivity index (χ0v) is 19.3. The second kappa shape index (κ2) is 20.2. The third kappa shape index (κ3) is 18.5. The molecule has 0 unspecified atom stereocenters. The normalized spacial score (nSPS) is 11.7. The molecule has 0 aliphatic heterocycles. The fourth-order valence-electron chi connectivity index (χ4n) is 1.98. The lowest BCUT2D eigenvalue weighted by molar-refractivity contribution is 0.0487. The Morgan fingerprint density at radius 1 is 0.960 bits per heavy atom. The molecule has 6 nitrogen and oxygen atoms in total. The van der Waals surface area contributed by atoms with Gasteiger partial charge in [0.25, 0.3) is 0 Å². The zero-order valence-electron chi connectivity index (χ0n) is 17.0. The number of rotatable bonds is 15. The first-order valence-corrected chi connectivity index (χ1v) is 9.42. The monoisotopic (exact) mass is 472 g/mol. The van der Waals surface area contributed by atoms with Gasteiger partial charge in [-0.1, -0.05) is 13.3 Å². The van der Waals surface area contributed by atoms with Gasteiger partial charge in [0.15, 0.2) is 5.96 Å². The van der Waals surface area contributed by atoms with Crippen molar-refractivity contribution in [1.82, 2.24) is 15.5 Å². The highest BCUT2D eigenvalue weighted by Crippen LogP contribution is 1.97. The molecule has 25 heavy (non-hydrogen) atoms. The average Bonchev–Trinajstić information content (AvgIpc) is 2.57. The SMILES string of the molecule is CCCCOCCOCCNC(=NC)NCCCCN(C)C(C)C.I. The maximum atomic E-state index is 5.52. The highest BCUT2D eigenvalue weighted by Gasteiger charge is 2.02. The lowest BCUT2D eigenvalue weighted by atomic mass is 10.2. The van der Waals surface area contributed by atoms with Crippen molar-refractivity contribution >= 4 is 29.9 Å². The van der Waals surface area contributed by atoms with E-state index in [1.807, 2.05) is 0 Å². The summed E-state index contributed by atoms with van der Waals surface area (Å²) in [5.41, 5.74) is 0. The summed E-state index contributed by atoms with van der Waals surface area (Å²) in [7, 11) is 3.97. The number of ether oxygens (including phenoxy) is 2. The molecule has 0 saturated carbocycles. The zero-order chi connectivity index (χ0) is 18.0. The fraction of sp³-hybridized carbons (Fsp3) is 0.944. The van der Waals surface area contributed by atoms with Gasteiger partial charge >= 0.3 is 0 Å². The summed E-state index contributed by atoms with van der Waals surface area (Å²) in [5.74, 6) is 0.843. The fourth-order valence-corrected chi connectivity index (χ4v) is 1.98. The smallest absolute Gasteiger partial charge is 0.191 e. The Hall–Kier alpha value is -0.120. The molecule has 0 spiro atoms. The van der Waals surface area contributed by atoms with E-state index in [-0.39, 0.29) is 24.0 Å². The molecule has 0 fully saturated rings. The first-order valence-electron chi connectivity index (χ1n) is 9.42. The topological polar surface area (TPSA) is 58.1 Å². The van der Waals surface area contributed by atoms with Crippen LogP contribution in [0.1, 0.15) is 46.5 Å². The standard InChI is InChI=1S/C18H40N4O2.HI/c1-6-7-13-23-15-16-24-14-11-21-18(19-4)20-10-8-9-12-22(5)17(2)3;/h17H,6-16H2,1-5H3,(H2,19,20,21);1H. The largest absolute Gasteiger partial charge is 0.379 e. The van der Waals surface area contributed by atoms with Crippen LogP contribution in [0.15, 0.2) is 4.99 Å². The third-order valence-electron chi connectivity index (χ3n) is 3.89. The van der Waals surface area contributed by atoms with E-state index in [2.05, 4.69) is 48.3 Å². The Bertz CT molecular complexity index is 305. The molecule has 0 bridgehead atoms. The van der Waals surface area contributed by atoms with Crippen molar-refractivity contribution in [3.05, 3.63) is 0 Å². The van der Waals surface area contributed by atoms with Crippen molar-refractivity contribution in [2.45, 2.75) is 52.5 Å². The molecule has 0 heterocycles. The number of aliphatic imine (C=N–C) groups is 1. The number of hydrogen-bond donors (Lipinski definition) is 2.